The van der Waals surface area contributed by atoms with Crippen LogP contribution in [0.1, 0.15) is 82.8 Å². The molecule has 2 saturated heterocycles. The number of ether oxygens (including phenoxy) is 2. The van der Waals surface area contributed by atoms with E-state index in [1.165, 1.54) is 11.1 Å². The molecule has 5 heteroatoms. The third kappa shape index (κ3) is 7.10. The summed E-state index contributed by atoms with van der Waals surface area (Å²) in [4.78, 5) is 18.3. The quantitative estimate of drug-likeness (QED) is 0.248. The SMILES string of the molecule is C#C/C=C\C(=C/CC)N(CCCC)C(=O)CN1CC(c2ccc3c(c2)CCO3)CC1CC(C)C1CCCO1. The summed E-state index contributed by atoms with van der Waals surface area (Å²) in [6, 6.07) is 7.09. The maximum absolute atomic E-state index is 13.9. The van der Waals surface area contributed by atoms with Crippen molar-refractivity contribution in [3.8, 4) is 18.1 Å². The minimum absolute atomic E-state index is 0.164. The van der Waals surface area contributed by atoms with Crippen LogP contribution >= 0.6 is 0 Å². The number of nitrogens with zero attached hydrogens (tertiary/aromatic N) is 2. The molecule has 206 valence electrons. The molecule has 3 aliphatic heterocycles. The number of amides is 1. The molecule has 0 spiro atoms. The molecule has 3 heterocycles. The molecule has 0 saturated carbocycles. The van der Waals surface area contributed by atoms with Gasteiger partial charge in [0, 0.05) is 37.9 Å². The van der Waals surface area contributed by atoms with Crippen molar-refractivity contribution in [1.29, 1.82) is 0 Å². The number of likely N-dealkylation sites (tertiary alicyclic amines) is 1. The molecule has 5 nitrogen and oxygen atoms in total. The average molecular weight is 519 g/mol. The minimum atomic E-state index is 0.164. The molecule has 4 rings (SSSR count). The second-order valence-corrected chi connectivity index (χ2v) is 11.2. The second kappa shape index (κ2) is 14.0. The number of carbonyl (C=O) groups excluding carboxylic acids is 1. The van der Waals surface area contributed by atoms with E-state index in [1.54, 1.807) is 6.08 Å². The molecule has 0 bridgehead atoms. The van der Waals surface area contributed by atoms with E-state index in [9.17, 15) is 4.79 Å². The Morgan fingerprint density at radius 3 is 2.92 bits per heavy atom. The normalized spacial score (nSPS) is 24.4. The summed E-state index contributed by atoms with van der Waals surface area (Å²) >= 11 is 0. The molecule has 1 amide bonds. The van der Waals surface area contributed by atoms with Crippen molar-refractivity contribution >= 4 is 5.91 Å². The van der Waals surface area contributed by atoms with Crippen molar-refractivity contribution < 1.29 is 14.3 Å². The van der Waals surface area contributed by atoms with Gasteiger partial charge in [0.25, 0.3) is 0 Å². The Morgan fingerprint density at radius 1 is 1.32 bits per heavy atom. The van der Waals surface area contributed by atoms with E-state index in [-0.39, 0.29) is 5.91 Å². The first-order valence-corrected chi connectivity index (χ1v) is 14.8. The third-order valence-corrected chi connectivity index (χ3v) is 8.41. The molecule has 2 fully saturated rings. The number of hydrogen-bond acceptors (Lipinski definition) is 4. The highest BCUT2D eigenvalue weighted by atomic mass is 16.5. The number of benzene rings is 1. The lowest BCUT2D eigenvalue weighted by atomic mass is 9.89. The Labute approximate surface area is 230 Å². The fraction of sp³-hybridized carbons (Fsp3) is 0.606. The first-order chi connectivity index (χ1) is 18.5. The van der Waals surface area contributed by atoms with E-state index in [4.69, 9.17) is 15.9 Å². The summed E-state index contributed by atoms with van der Waals surface area (Å²) in [5.41, 5.74) is 3.62. The zero-order valence-electron chi connectivity index (χ0n) is 23.7. The first kappa shape index (κ1) is 28.5. The Bertz CT molecular complexity index is 1030. The van der Waals surface area contributed by atoms with Crippen LogP contribution in [0.25, 0.3) is 0 Å². The molecule has 1 aromatic rings. The fourth-order valence-corrected chi connectivity index (χ4v) is 6.34. The van der Waals surface area contributed by atoms with Gasteiger partial charge in [0.2, 0.25) is 5.91 Å². The highest BCUT2D eigenvalue weighted by molar-refractivity contribution is 5.80. The molecule has 4 atom stereocenters. The van der Waals surface area contributed by atoms with Gasteiger partial charge in [-0.3, -0.25) is 9.69 Å². The summed E-state index contributed by atoms with van der Waals surface area (Å²) in [6.07, 6.45) is 19.9. The number of rotatable bonds is 12. The summed E-state index contributed by atoms with van der Waals surface area (Å²) in [7, 11) is 0. The Kier molecular flexibility index (Phi) is 10.5. The molecular formula is C33H46N2O3. The van der Waals surface area contributed by atoms with Crippen LogP contribution in [0.2, 0.25) is 0 Å². The van der Waals surface area contributed by atoms with E-state index in [0.717, 1.165) is 89.1 Å². The summed E-state index contributed by atoms with van der Waals surface area (Å²) in [5, 5.41) is 0. The monoisotopic (exact) mass is 518 g/mol. The zero-order chi connectivity index (χ0) is 26.9. The Balaban J connectivity index is 1.53. The number of unbranched alkanes of at least 4 members (excludes halogenated alkanes) is 1. The van der Waals surface area contributed by atoms with Crippen LogP contribution in [0.15, 0.2) is 42.1 Å². The standard InChI is InChI=1S/C33H46N2O3/c1-5-8-12-29(11-7-3)35(17-9-6-2)33(36)24-34-23-28(26-14-15-32-27(21-26)16-19-38-32)22-30(34)20-25(4)31-13-10-18-37-31/h1,8,11-12,14-15,21,25,28,30-31H,6-7,9-10,13,16-20,22-24H2,2-4H3/b12-8-,29-11+. The third-order valence-electron chi connectivity index (χ3n) is 8.41. The molecule has 0 N–H and O–H groups in total. The van der Waals surface area contributed by atoms with Gasteiger partial charge in [-0.25, -0.2) is 0 Å². The summed E-state index contributed by atoms with van der Waals surface area (Å²) in [5.74, 6) is 4.69. The van der Waals surface area contributed by atoms with E-state index in [0.29, 0.717) is 30.5 Å². The molecule has 4 unspecified atom stereocenters. The van der Waals surface area contributed by atoms with E-state index < -0.39 is 0 Å². The van der Waals surface area contributed by atoms with Crippen molar-refractivity contribution in [2.45, 2.75) is 90.2 Å². The minimum Gasteiger partial charge on any atom is -0.493 e. The molecule has 0 aliphatic carbocycles. The molecular weight excluding hydrogens is 472 g/mol. The highest BCUT2D eigenvalue weighted by Crippen LogP contribution is 2.38. The van der Waals surface area contributed by atoms with Crippen LogP contribution in [0, 0.1) is 18.3 Å². The number of hydrogen-bond donors (Lipinski definition) is 0. The van der Waals surface area contributed by atoms with Gasteiger partial charge in [0.1, 0.15) is 5.75 Å². The number of terminal acetylenes is 1. The topological polar surface area (TPSA) is 42.0 Å². The maximum atomic E-state index is 13.9. The molecule has 1 aromatic carbocycles. The van der Waals surface area contributed by atoms with Crippen LogP contribution in [0.3, 0.4) is 0 Å². The molecule has 38 heavy (non-hydrogen) atoms. The van der Waals surface area contributed by atoms with E-state index in [2.05, 4.69) is 55.9 Å². The van der Waals surface area contributed by atoms with Gasteiger partial charge in [-0.1, -0.05) is 51.3 Å². The van der Waals surface area contributed by atoms with Crippen LogP contribution in [0.5, 0.6) is 5.75 Å². The molecule has 3 aliphatic rings. The van der Waals surface area contributed by atoms with Crippen molar-refractivity contribution in [1.82, 2.24) is 9.80 Å². The lowest BCUT2D eigenvalue weighted by Crippen LogP contribution is -2.43. The van der Waals surface area contributed by atoms with Gasteiger partial charge in [-0.05, 0) is 79.7 Å². The van der Waals surface area contributed by atoms with Gasteiger partial charge in [-0.2, -0.15) is 0 Å². The predicted molar refractivity (Wildman–Crippen MR) is 154 cm³/mol. The van der Waals surface area contributed by atoms with Gasteiger partial charge < -0.3 is 14.4 Å². The van der Waals surface area contributed by atoms with Gasteiger partial charge in [0.05, 0.1) is 19.3 Å². The van der Waals surface area contributed by atoms with Crippen molar-refractivity contribution in [3.63, 3.8) is 0 Å². The summed E-state index contributed by atoms with van der Waals surface area (Å²) in [6.45, 7) is 10.3. The van der Waals surface area contributed by atoms with Crippen molar-refractivity contribution in [2.75, 3.05) is 32.8 Å². The lowest BCUT2D eigenvalue weighted by molar-refractivity contribution is -0.130. The fourth-order valence-electron chi connectivity index (χ4n) is 6.34. The smallest absolute Gasteiger partial charge is 0.241 e. The van der Waals surface area contributed by atoms with Gasteiger partial charge >= 0.3 is 0 Å². The Hall–Kier alpha value is -2.55. The maximum Gasteiger partial charge on any atom is 0.241 e. The van der Waals surface area contributed by atoms with Crippen LogP contribution in [0.4, 0.5) is 0 Å². The summed E-state index contributed by atoms with van der Waals surface area (Å²) < 4.78 is 11.8. The van der Waals surface area contributed by atoms with Gasteiger partial charge in [0.15, 0.2) is 0 Å². The molecule has 0 aromatic heterocycles. The van der Waals surface area contributed by atoms with Crippen molar-refractivity contribution in [3.05, 3.63) is 53.3 Å². The second-order valence-electron chi connectivity index (χ2n) is 11.2. The van der Waals surface area contributed by atoms with E-state index >= 15 is 0 Å². The van der Waals surface area contributed by atoms with Crippen LogP contribution in [-0.4, -0.2) is 60.7 Å². The van der Waals surface area contributed by atoms with Crippen molar-refractivity contribution in [2.24, 2.45) is 5.92 Å². The predicted octanol–water partition coefficient (Wildman–Crippen LogP) is 6.10. The zero-order valence-corrected chi connectivity index (χ0v) is 23.7. The lowest BCUT2D eigenvalue weighted by Gasteiger charge is -2.31. The van der Waals surface area contributed by atoms with Crippen LogP contribution < -0.4 is 4.74 Å². The number of fused-ring (bicyclic) bond motifs is 1. The largest absolute Gasteiger partial charge is 0.493 e. The Morgan fingerprint density at radius 2 is 2.18 bits per heavy atom. The van der Waals surface area contributed by atoms with Crippen LogP contribution in [-0.2, 0) is 16.0 Å². The highest BCUT2D eigenvalue weighted by Gasteiger charge is 2.37. The van der Waals surface area contributed by atoms with E-state index in [1.807, 2.05) is 11.0 Å². The average Bonchev–Trinajstić information content (AvgIpc) is 3.68. The number of carbonyl (C=O) groups is 1. The van der Waals surface area contributed by atoms with Gasteiger partial charge in [-0.15, -0.1) is 6.42 Å². The molecule has 0 radical (unpaired) electrons. The number of allylic oxidation sites excluding steroid dienone is 3. The first-order valence-electron chi connectivity index (χ1n) is 14.8.